The summed E-state index contributed by atoms with van der Waals surface area (Å²) in [5.41, 5.74) is 0. The standard InChI is InChI=1S/C17H33NO5S/c1-6-11-18(12-7-2,15(4)10-14-24(20,21)22)13-9-16(5)23-17(19)8-3/h8,15-16H,3,6-7,9-14H2,1-2,4-5H3/p+1. The summed E-state index contributed by atoms with van der Waals surface area (Å²) in [6, 6.07) is 0.106. The number of rotatable bonds is 13. The Morgan fingerprint density at radius 1 is 1.17 bits per heavy atom. The van der Waals surface area contributed by atoms with E-state index in [-0.39, 0.29) is 17.9 Å². The summed E-state index contributed by atoms with van der Waals surface area (Å²) in [5.74, 6) is -0.645. The average molecular weight is 365 g/mol. The quantitative estimate of drug-likeness (QED) is 0.235. The minimum atomic E-state index is -3.95. The molecule has 0 fully saturated rings. The van der Waals surface area contributed by atoms with Crippen LogP contribution in [0.15, 0.2) is 12.7 Å². The van der Waals surface area contributed by atoms with Crippen LogP contribution in [0.3, 0.4) is 0 Å². The second-order valence-electron chi connectivity index (χ2n) is 6.55. The van der Waals surface area contributed by atoms with Crippen molar-refractivity contribution in [2.45, 2.75) is 65.5 Å². The van der Waals surface area contributed by atoms with Crippen LogP contribution in [0.4, 0.5) is 0 Å². The number of carbonyl (C=O) groups excluding carboxylic acids is 1. The van der Waals surface area contributed by atoms with Crippen LogP contribution in [0, 0.1) is 0 Å². The topological polar surface area (TPSA) is 80.7 Å². The fraction of sp³-hybridized carbons (Fsp3) is 0.824. The zero-order valence-corrected chi connectivity index (χ0v) is 16.3. The van der Waals surface area contributed by atoms with E-state index in [4.69, 9.17) is 9.29 Å². The van der Waals surface area contributed by atoms with Gasteiger partial charge in [0.05, 0.1) is 31.4 Å². The van der Waals surface area contributed by atoms with Gasteiger partial charge in [-0.05, 0) is 26.7 Å². The number of hydrogen-bond donors (Lipinski definition) is 1. The van der Waals surface area contributed by atoms with Gasteiger partial charge in [-0.25, -0.2) is 4.79 Å². The number of carbonyl (C=O) groups is 1. The minimum Gasteiger partial charge on any atom is -0.459 e. The predicted molar refractivity (Wildman–Crippen MR) is 96.3 cm³/mol. The smallest absolute Gasteiger partial charge is 0.330 e. The van der Waals surface area contributed by atoms with Gasteiger partial charge in [0.1, 0.15) is 6.10 Å². The van der Waals surface area contributed by atoms with Gasteiger partial charge in [-0.3, -0.25) is 4.55 Å². The summed E-state index contributed by atoms with van der Waals surface area (Å²) >= 11 is 0. The molecular weight excluding hydrogens is 330 g/mol. The molecule has 0 saturated carbocycles. The molecule has 0 aromatic carbocycles. The molecule has 0 rings (SSSR count). The van der Waals surface area contributed by atoms with E-state index in [0.29, 0.717) is 12.8 Å². The molecule has 0 amide bonds. The molecule has 0 aliphatic heterocycles. The Kier molecular flexibility index (Phi) is 10.4. The van der Waals surface area contributed by atoms with Gasteiger partial charge in [0, 0.05) is 18.9 Å². The second kappa shape index (κ2) is 10.8. The van der Waals surface area contributed by atoms with Gasteiger partial charge in [-0.2, -0.15) is 8.42 Å². The van der Waals surface area contributed by atoms with E-state index in [1.165, 1.54) is 0 Å². The molecule has 142 valence electrons. The molecular formula is C17H34NO5S+. The van der Waals surface area contributed by atoms with Crippen molar-refractivity contribution >= 4 is 16.1 Å². The van der Waals surface area contributed by atoms with Crippen molar-refractivity contribution in [2.75, 3.05) is 25.4 Å². The maximum atomic E-state index is 11.3. The van der Waals surface area contributed by atoms with Crippen LogP contribution in [0.1, 0.15) is 53.4 Å². The minimum absolute atomic E-state index is 0.106. The third-order valence-electron chi connectivity index (χ3n) is 4.53. The van der Waals surface area contributed by atoms with Crippen molar-refractivity contribution in [3.8, 4) is 0 Å². The van der Waals surface area contributed by atoms with Crippen molar-refractivity contribution in [1.29, 1.82) is 0 Å². The van der Waals surface area contributed by atoms with E-state index in [1.54, 1.807) is 0 Å². The molecule has 24 heavy (non-hydrogen) atoms. The Balaban J connectivity index is 5.03. The maximum absolute atomic E-state index is 11.3. The lowest BCUT2D eigenvalue weighted by atomic mass is 10.1. The van der Waals surface area contributed by atoms with E-state index in [1.807, 2.05) is 13.8 Å². The molecule has 0 spiro atoms. The van der Waals surface area contributed by atoms with Crippen LogP contribution in [-0.4, -0.2) is 61.0 Å². The number of nitrogens with zero attached hydrogens (tertiary/aromatic N) is 1. The van der Waals surface area contributed by atoms with E-state index in [9.17, 15) is 13.2 Å². The van der Waals surface area contributed by atoms with Gasteiger partial charge < -0.3 is 9.22 Å². The maximum Gasteiger partial charge on any atom is 0.330 e. The highest BCUT2D eigenvalue weighted by atomic mass is 32.2. The largest absolute Gasteiger partial charge is 0.459 e. The first-order valence-electron chi connectivity index (χ1n) is 8.74. The highest BCUT2D eigenvalue weighted by molar-refractivity contribution is 7.85. The molecule has 2 atom stereocenters. The molecule has 0 aromatic rings. The number of ether oxygens (including phenoxy) is 1. The average Bonchev–Trinajstić information content (AvgIpc) is 2.49. The van der Waals surface area contributed by atoms with Crippen LogP contribution in [0.25, 0.3) is 0 Å². The molecule has 7 heteroatoms. The van der Waals surface area contributed by atoms with Crippen LogP contribution in [-0.2, 0) is 19.6 Å². The first kappa shape index (κ1) is 23.1. The normalized spacial score (nSPS) is 14.9. The van der Waals surface area contributed by atoms with Gasteiger partial charge in [-0.1, -0.05) is 20.4 Å². The highest BCUT2D eigenvalue weighted by Crippen LogP contribution is 2.22. The van der Waals surface area contributed by atoms with Gasteiger partial charge >= 0.3 is 5.97 Å². The third kappa shape index (κ3) is 8.80. The predicted octanol–water partition coefficient (Wildman–Crippen LogP) is 2.80. The number of esters is 1. The van der Waals surface area contributed by atoms with Crippen LogP contribution in [0.5, 0.6) is 0 Å². The zero-order valence-electron chi connectivity index (χ0n) is 15.5. The lowest BCUT2D eigenvalue weighted by molar-refractivity contribution is -0.950. The fourth-order valence-electron chi connectivity index (χ4n) is 3.22. The Bertz CT molecular complexity index is 483. The Morgan fingerprint density at radius 2 is 1.71 bits per heavy atom. The monoisotopic (exact) mass is 364 g/mol. The lowest BCUT2D eigenvalue weighted by Crippen LogP contribution is -2.56. The van der Waals surface area contributed by atoms with Gasteiger partial charge in [0.2, 0.25) is 0 Å². The first-order valence-corrected chi connectivity index (χ1v) is 10.3. The number of hydrogen-bond acceptors (Lipinski definition) is 4. The molecule has 6 nitrogen and oxygen atoms in total. The van der Waals surface area contributed by atoms with Gasteiger partial charge in [0.25, 0.3) is 10.1 Å². The van der Waals surface area contributed by atoms with E-state index < -0.39 is 16.1 Å². The summed E-state index contributed by atoms with van der Waals surface area (Å²) < 4.78 is 37.2. The fourth-order valence-corrected chi connectivity index (χ4v) is 3.86. The van der Waals surface area contributed by atoms with Crippen molar-refractivity contribution in [3.63, 3.8) is 0 Å². The van der Waals surface area contributed by atoms with Crippen LogP contribution >= 0.6 is 0 Å². The van der Waals surface area contributed by atoms with E-state index >= 15 is 0 Å². The zero-order chi connectivity index (χ0) is 18.8. The van der Waals surface area contributed by atoms with E-state index in [2.05, 4.69) is 20.4 Å². The second-order valence-corrected chi connectivity index (χ2v) is 8.13. The SMILES string of the molecule is C=CC(=O)OC(C)CC[N+](CCC)(CCC)C(C)CCS(=O)(=O)O. The van der Waals surface area contributed by atoms with Crippen LogP contribution in [0.2, 0.25) is 0 Å². The Labute approximate surface area is 147 Å². The Morgan fingerprint density at radius 3 is 2.12 bits per heavy atom. The third-order valence-corrected chi connectivity index (χ3v) is 5.28. The van der Waals surface area contributed by atoms with Crippen molar-refractivity contribution in [3.05, 3.63) is 12.7 Å². The lowest BCUT2D eigenvalue weighted by Gasteiger charge is -2.44. The van der Waals surface area contributed by atoms with E-state index in [0.717, 1.165) is 43.0 Å². The molecule has 0 aliphatic carbocycles. The first-order chi connectivity index (χ1) is 11.1. The van der Waals surface area contributed by atoms with Crippen molar-refractivity contribution in [2.24, 2.45) is 0 Å². The summed E-state index contributed by atoms with van der Waals surface area (Å²) in [5, 5.41) is 0. The number of quaternary nitrogens is 1. The summed E-state index contributed by atoms with van der Waals surface area (Å²) in [6.45, 7) is 14.2. The molecule has 2 unspecified atom stereocenters. The molecule has 0 saturated heterocycles. The molecule has 0 radical (unpaired) electrons. The molecule has 1 N–H and O–H groups in total. The van der Waals surface area contributed by atoms with Crippen molar-refractivity contribution < 1.29 is 27.0 Å². The molecule has 0 bridgehead atoms. The molecule has 0 heterocycles. The summed E-state index contributed by atoms with van der Waals surface area (Å²) in [7, 11) is -3.95. The highest BCUT2D eigenvalue weighted by Gasteiger charge is 2.33. The summed E-state index contributed by atoms with van der Waals surface area (Å²) in [4.78, 5) is 11.3. The van der Waals surface area contributed by atoms with Crippen LogP contribution < -0.4 is 0 Å². The molecule has 0 aliphatic rings. The summed E-state index contributed by atoms with van der Waals surface area (Å²) in [6.07, 6.45) is 4.03. The Hall–Kier alpha value is -0.920. The molecule has 0 aromatic heterocycles. The van der Waals surface area contributed by atoms with Crippen molar-refractivity contribution in [1.82, 2.24) is 0 Å². The van der Waals surface area contributed by atoms with Gasteiger partial charge in [-0.15, -0.1) is 0 Å². The van der Waals surface area contributed by atoms with Gasteiger partial charge in [0.15, 0.2) is 0 Å².